The molecular weight excluding hydrogens is 310 g/mol. The van der Waals surface area contributed by atoms with E-state index in [0.29, 0.717) is 6.04 Å². The minimum atomic E-state index is 0.435. The van der Waals surface area contributed by atoms with E-state index in [1.165, 1.54) is 55.0 Å². The zero-order chi connectivity index (χ0) is 16.8. The van der Waals surface area contributed by atoms with Crippen LogP contribution in [0.3, 0.4) is 0 Å². The monoisotopic (exact) mass is 335 g/mol. The molecule has 0 spiro atoms. The lowest BCUT2D eigenvalue weighted by molar-refractivity contribution is 0.233. The molecule has 0 amide bonds. The lowest BCUT2D eigenvalue weighted by atomic mass is 10.0. The topological polar surface area (TPSA) is 38.4 Å². The number of nitrogens with zero attached hydrogens (tertiary/aromatic N) is 5. The van der Waals surface area contributed by atoms with E-state index in [4.69, 9.17) is 4.98 Å². The minimum absolute atomic E-state index is 0.435. The van der Waals surface area contributed by atoms with Crippen LogP contribution in [0.25, 0.3) is 5.65 Å². The van der Waals surface area contributed by atoms with Crippen molar-refractivity contribution in [2.75, 3.05) is 6.54 Å². The molecule has 0 radical (unpaired) electrons. The summed E-state index contributed by atoms with van der Waals surface area (Å²) in [6, 6.07) is 6.62. The highest BCUT2D eigenvalue weighted by atomic mass is 15.2. The molecule has 3 aromatic rings. The second kappa shape index (κ2) is 5.99. The summed E-state index contributed by atoms with van der Waals surface area (Å²) >= 11 is 0. The number of aromatic nitrogens is 4. The van der Waals surface area contributed by atoms with Gasteiger partial charge in [0.25, 0.3) is 0 Å². The third-order valence-corrected chi connectivity index (χ3v) is 5.93. The van der Waals surface area contributed by atoms with Crippen molar-refractivity contribution < 1.29 is 0 Å². The Kier molecular flexibility index (Phi) is 3.63. The molecule has 130 valence electrons. The Morgan fingerprint density at radius 2 is 2.08 bits per heavy atom. The van der Waals surface area contributed by atoms with Gasteiger partial charge in [-0.15, -0.1) is 0 Å². The minimum Gasteiger partial charge on any atom is -0.334 e. The Labute approximate surface area is 148 Å². The van der Waals surface area contributed by atoms with Gasteiger partial charge in [-0.05, 0) is 57.2 Å². The highest BCUT2D eigenvalue weighted by Crippen LogP contribution is 2.34. The third kappa shape index (κ3) is 2.49. The first kappa shape index (κ1) is 15.1. The molecule has 5 nitrogen and oxygen atoms in total. The second-order valence-corrected chi connectivity index (χ2v) is 7.44. The van der Waals surface area contributed by atoms with Gasteiger partial charge in [-0.2, -0.15) is 0 Å². The Balaban J connectivity index is 1.45. The molecule has 5 heteroatoms. The predicted molar refractivity (Wildman–Crippen MR) is 97.4 cm³/mol. The van der Waals surface area contributed by atoms with E-state index in [0.717, 1.165) is 25.2 Å². The third-order valence-electron chi connectivity index (χ3n) is 5.93. The highest BCUT2D eigenvalue weighted by Gasteiger charge is 2.31. The van der Waals surface area contributed by atoms with Gasteiger partial charge in [-0.3, -0.25) is 4.90 Å². The van der Waals surface area contributed by atoms with Crippen molar-refractivity contribution in [3.63, 3.8) is 0 Å². The van der Waals surface area contributed by atoms with Crippen molar-refractivity contribution in [2.45, 2.75) is 51.1 Å². The fourth-order valence-electron chi connectivity index (χ4n) is 4.62. The number of likely N-dealkylation sites (tertiary alicyclic amines) is 1. The van der Waals surface area contributed by atoms with E-state index in [1.54, 1.807) is 0 Å². The fraction of sp³-hybridized carbons (Fsp3) is 0.500. The van der Waals surface area contributed by atoms with E-state index in [9.17, 15) is 0 Å². The molecule has 0 unspecified atom stereocenters. The lowest BCUT2D eigenvalue weighted by Gasteiger charge is -2.24. The van der Waals surface area contributed by atoms with Crippen molar-refractivity contribution in [3.8, 4) is 0 Å². The van der Waals surface area contributed by atoms with Gasteiger partial charge in [-0.1, -0.05) is 6.07 Å². The number of hydrogen-bond donors (Lipinski definition) is 0. The van der Waals surface area contributed by atoms with Crippen LogP contribution in [0.1, 0.15) is 54.6 Å². The Morgan fingerprint density at radius 3 is 3.00 bits per heavy atom. The van der Waals surface area contributed by atoms with Crippen LogP contribution in [-0.2, 0) is 26.4 Å². The quantitative estimate of drug-likeness (QED) is 0.737. The molecule has 1 aliphatic heterocycles. The summed E-state index contributed by atoms with van der Waals surface area (Å²) in [5.74, 6) is 1.28. The summed E-state index contributed by atoms with van der Waals surface area (Å²) in [5, 5.41) is 0. The molecule has 1 aliphatic carbocycles. The molecule has 1 atom stereocenters. The van der Waals surface area contributed by atoms with E-state index < -0.39 is 0 Å². The number of hydrogen-bond acceptors (Lipinski definition) is 3. The summed E-state index contributed by atoms with van der Waals surface area (Å²) in [6.45, 7) is 2.08. The Hall–Kier alpha value is -2.14. The SMILES string of the molecule is Cn1c([C@H]2CCCN2Cc2cnc3ccccn23)nc2c1CCCC2. The van der Waals surface area contributed by atoms with Crippen LogP contribution in [0.4, 0.5) is 0 Å². The zero-order valence-electron chi connectivity index (χ0n) is 14.9. The van der Waals surface area contributed by atoms with Crippen LogP contribution in [0, 0.1) is 0 Å². The van der Waals surface area contributed by atoms with Gasteiger partial charge in [0.05, 0.1) is 23.6 Å². The molecule has 1 fully saturated rings. The van der Waals surface area contributed by atoms with Gasteiger partial charge in [0.2, 0.25) is 0 Å². The van der Waals surface area contributed by atoms with Gasteiger partial charge in [0.1, 0.15) is 11.5 Å². The maximum absolute atomic E-state index is 5.07. The normalized spacial score (nSPS) is 21.1. The van der Waals surface area contributed by atoms with Crippen LogP contribution >= 0.6 is 0 Å². The first-order chi connectivity index (χ1) is 12.3. The van der Waals surface area contributed by atoms with E-state index >= 15 is 0 Å². The summed E-state index contributed by atoms with van der Waals surface area (Å²) < 4.78 is 4.60. The predicted octanol–water partition coefficient (Wildman–Crippen LogP) is 3.28. The van der Waals surface area contributed by atoms with Crippen molar-refractivity contribution in [3.05, 3.63) is 53.5 Å². The van der Waals surface area contributed by atoms with Crippen molar-refractivity contribution >= 4 is 5.65 Å². The highest BCUT2D eigenvalue weighted by molar-refractivity contribution is 5.39. The standard InChI is InChI=1S/C20H25N5/c1-23-17-8-3-2-7-16(17)22-20(23)18-9-6-11-24(18)14-15-13-21-19-10-4-5-12-25(15)19/h4-5,10,12-13,18H,2-3,6-9,11,14H2,1H3/t18-/m1/s1. The molecule has 0 N–H and O–H groups in total. The average molecular weight is 335 g/mol. The number of rotatable bonds is 3. The Bertz CT molecular complexity index is 906. The zero-order valence-corrected chi connectivity index (χ0v) is 14.9. The molecule has 0 saturated carbocycles. The van der Waals surface area contributed by atoms with Crippen LogP contribution in [0.5, 0.6) is 0 Å². The summed E-state index contributed by atoms with van der Waals surface area (Å²) in [7, 11) is 2.22. The first-order valence-electron chi connectivity index (χ1n) is 9.50. The van der Waals surface area contributed by atoms with Crippen LogP contribution in [0.2, 0.25) is 0 Å². The van der Waals surface area contributed by atoms with Gasteiger partial charge < -0.3 is 8.97 Å². The van der Waals surface area contributed by atoms with E-state index in [1.807, 2.05) is 12.3 Å². The maximum atomic E-state index is 5.07. The van der Waals surface area contributed by atoms with Gasteiger partial charge >= 0.3 is 0 Å². The van der Waals surface area contributed by atoms with Crippen molar-refractivity contribution in [1.82, 2.24) is 23.8 Å². The number of aryl methyl sites for hydroxylation is 1. The van der Waals surface area contributed by atoms with E-state index in [-0.39, 0.29) is 0 Å². The molecule has 0 aromatic carbocycles. The lowest BCUT2D eigenvalue weighted by Crippen LogP contribution is -2.25. The smallest absolute Gasteiger partial charge is 0.136 e. The van der Waals surface area contributed by atoms with Crippen LogP contribution in [-0.4, -0.2) is 30.4 Å². The largest absolute Gasteiger partial charge is 0.334 e. The molecule has 4 heterocycles. The Morgan fingerprint density at radius 1 is 1.16 bits per heavy atom. The molecule has 0 bridgehead atoms. The second-order valence-electron chi connectivity index (χ2n) is 7.44. The van der Waals surface area contributed by atoms with Crippen LogP contribution in [0.15, 0.2) is 30.6 Å². The number of fused-ring (bicyclic) bond motifs is 2. The molecular formula is C20H25N5. The summed E-state index contributed by atoms with van der Waals surface area (Å²) in [5.41, 5.74) is 5.12. The van der Waals surface area contributed by atoms with Gasteiger partial charge in [0.15, 0.2) is 0 Å². The summed E-state index contributed by atoms with van der Waals surface area (Å²) in [6.07, 6.45) is 11.5. The van der Waals surface area contributed by atoms with E-state index in [2.05, 4.69) is 44.2 Å². The van der Waals surface area contributed by atoms with Crippen molar-refractivity contribution in [1.29, 1.82) is 0 Å². The first-order valence-corrected chi connectivity index (χ1v) is 9.50. The number of pyridine rings is 1. The molecule has 25 heavy (non-hydrogen) atoms. The maximum Gasteiger partial charge on any atom is 0.136 e. The summed E-state index contributed by atoms with van der Waals surface area (Å²) in [4.78, 5) is 12.2. The van der Waals surface area contributed by atoms with Crippen LogP contribution < -0.4 is 0 Å². The molecule has 2 aliphatic rings. The fourth-order valence-corrected chi connectivity index (χ4v) is 4.62. The molecule has 1 saturated heterocycles. The average Bonchev–Trinajstić information content (AvgIpc) is 3.34. The molecule has 3 aromatic heterocycles. The molecule has 5 rings (SSSR count). The van der Waals surface area contributed by atoms with Crippen molar-refractivity contribution in [2.24, 2.45) is 7.05 Å². The van der Waals surface area contributed by atoms with Gasteiger partial charge in [-0.25, -0.2) is 9.97 Å². The number of imidazole rings is 2. The van der Waals surface area contributed by atoms with Gasteiger partial charge in [0, 0.05) is 25.5 Å².